The third kappa shape index (κ3) is 13.4. The number of hydrogen-bond donors (Lipinski definition) is 0. The first-order valence-electron chi connectivity index (χ1n) is 10.8. The van der Waals surface area contributed by atoms with Crippen LogP contribution in [0.5, 0.6) is 0 Å². The van der Waals surface area contributed by atoms with E-state index in [0.717, 1.165) is 51.9 Å². The number of halogens is 3. The van der Waals surface area contributed by atoms with Gasteiger partial charge in [-0.3, -0.25) is 0 Å². The number of rotatable bonds is 15. The second kappa shape index (κ2) is 16.3. The quantitative estimate of drug-likeness (QED) is 0.233. The lowest BCUT2D eigenvalue weighted by Gasteiger charge is -2.07. The Morgan fingerprint density at radius 1 is 0.759 bits per heavy atom. The van der Waals surface area contributed by atoms with E-state index >= 15 is 0 Å². The van der Waals surface area contributed by atoms with Crippen molar-refractivity contribution in [2.45, 2.75) is 84.2 Å². The zero-order valence-electron chi connectivity index (χ0n) is 17.9. The number of benzene rings is 1. The minimum Gasteiger partial charge on any atom is -0.381 e. The molecule has 164 valence electrons. The van der Waals surface area contributed by atoms with Crippen LogP contribution in [-0.4, -0.2) is 25.9 Å². The largest absolute Gasteiger partial charge is 0.381 e. The van der Waals surface area contributed by atoms with Gasteiger partial charge in [0, 0.05) is 38.4 Å². The van der Waals surface area contributed by atoms with Crippen molar-refractivity contribution in [3.63, 3.8) is 0 Å². The predicted molar refractivity (Wildman–Crippen MR) is 111 cm³/mol. The summed E-state index contributed by atoms with van der Waals surface area (Å²) < 4.78 is 50.8. The average Bonchev–Trinajstić information content (AvgIpc) is 2.65. The van der Waals surface area contributed by atoms with Gasteiger partial charge in [0.05, 0.1) is 11.7 Å². The summed E-state index contributed by atoms with van der Waals surface area (Å²) in [7, 11) is 0. The highest BCUT2D eigenvalue weighted by Crippen LogP contribution is 2.14. The third-order valence-corrected chi connectivity index (χ3v) is 4.44. The minimum absolute atomic E-state index is 0.290. The van der Waals surface area contributed by atoms with Gasteiger partial charge in [0.25, 0.3) is 0 Å². The molecule has 29 heavy (non-hydrogen) atoms. The molecule has 0 atom stereocenters. The van der Waals surface area contributed by atoms with Gasteiger partial charge in [-0.05, 0) is 33.1 Å². The van der Waals surface area contributed by atoms with E-state index in [1.165, 1.54) is 25.7 Å². The van der Waals surface area contributed by atoms with Gasteiger partial charge in [-0.25, -0.2) is 13.2 Å². The monoisotopic (exact) mass is 412 g/mol. The second-order valence-corrected chi connectivity index (χ2v) is 7.51. The summed E-state index contributed by atoms with van der Waals surface area (Å²) in [6, 6.07) is 1.31. The van der Waals surface area contributed by atoms with E-state index in [9.17, 15) is 13.2 Å². The number of unbranched alkanes of at least 4 members (excludes halogenated alkanes) is 8. The van der Waals surface area contributed by atoms with Crippen LogP contribution in [-0.2, 0) is 9.47 Å². The Bertz CT molecular complexity index is 597. The van der Waals surface area contributed by atoms with E-state index < -0.39 is 17.5 Å². The van der Waals surface area contributed by atoms with Crippen LogP contribution in [0.15, 0.2) is 12.1 Å². The molecule has 1 aromatic carbocycles. The van der Waals surface area contributed by atoms with Gasteiger partial charge in [-0.1, -0.05) is 50.4 Å². The molecule has 0 aliphatic rings. The first kappa shape index (κ1) is 25.5. The second-order valence-electron chi connectivity index (χ2n) is 7.51. The summed E-state index contributed by atoms with van der Waals surface area (Å²) >= 11 is 0. The molecule has 0 aliphatic carbocycles. The lowest BCUT2D eigenvalue weighted by molar-refractivity contribution is 0.0507. The molecule has 0 saturated heterocycles. The first-order valence-corrected chi connectivity index (χ1v) is 10.8. The fourth-order valence-corrected chi connectivity index (χ4v) is 2.87. The fraction of sp³-hybridized carbons (Fsp3) is 0.667. The van der Waals surface area contributed by atoms with E-state index in [4.69, 9.17) is 9.47 Å². The molecule has 5 heteroatoms. The molecule has 0 fully saturated rings. The van der Waals surface area contributed by atoms with Gasteiger partial charge in [-0.2, -0.15) is 0 Å². The standard InChI is InChI=1S/C24H35F3O2/c1-20(2)29-17-13-16-28-15-12-10-8-6-4-3-5-7-9-11-14-22-23(26)18-21(25)19-24(22)27/h18-20H,3-10,12-13,15-17H2,1-2H3. The van der Waals surface area contributed by atoms with Crippen molar-refractivity contribution in [3.8, 4) is 11.8 Å². The summed E-state index contributed by atoms with van der Waals surface area (Å²) in [5.41, 5.74) is -0.348. The van der Waals surface area contributed by atoms with Crippen molar-refractivity contribution >= 4 is 0 Å². The maximum Gasteiger partial charge on any atom is 0.144 e. The molecule has 1 rings (SSSR count). The van der Waals surface area contributed by atoms with E-state index in [1.54, 1.807) is 0 Å². The highest BCUT2D eigenvalue weighted by atomic mass is 19.1. The zero-order chi connectivity index (χ0) is 21.3. The van der Waals surface area contributed by atoms with Crippen LogP contribution in [0.3, 0.4) is 0 Å². The molecule has 0 N–H and O–H groups in total. The highest BCUT2D eigenvalue weighted by Gasteiger charge is 2.08. The smallest absolute Gasteiger partial charge is 0.144 e. The summed E-state index contributed by atoms with van der Waals surface area (Å²) in [5.74, 6) is 2.44. The van der Waals surface area contributed by atoms with Gasteiger partial charge in [-0.15, -0.1) is 0 Å². The van der Waals surface area contributed by atoms with Crippen LogP contribution < -0.4 is 0 Å². The summed E-state index contributed by atoms with van der Waals surface area (Å²) in [5, 5.41) is 0. The lowest BCUT2D eigenvalue weighted by Crippen LogP contribution is -2.07. The Balaban J connectivity index is 1.90. The van der Waals surface area contributed by atoms with Crippen molar-refractivity contribution in [2.75, 3.05) is 19.8 Å². The molecule has 0 amide bonds. The van der Waals surface area contributed by atoms with E-state index in [0.29, 0.717) is 24.7 Å². The minimum atomic E-state index is -0.944. The molecule has 2 nitrogen and oxygen atoms in total. The molecule has 0 spiro atoms. The van der Waals surface area contributed by atoms with Crippen LogP contribution in [0.25, 0.3) is 0 Å². The molecule has 0 heterocycles. The van der Waals surface area contributed by atoms with Crippen molar-refractivity contribution in [2.24, 2.45) is 0 Å². The van der Waals surface area contributed by atoms with Gasteiger partial charge in [0.1, 0.15) is 17.5 Å². The number of ether oxygens (including phenoxy) is 2. The van der Waals surface area contributed by atoms with E-state index in [2.05, 4.69) is 11.8 Å². The SMILES string of the molecule is CC(C)OCCCOCCCCCCCCCCC#Cc1c(F)cc(F)cc1F. The van der Waals surface area contributed by atoms with Gasteiger partial charge >= 0.3 is 0 Å². The van der Waals surface area contributed by atoms with Gasteiger partial charge in [0.15, 0.2) is 0 Å². The molecule has 0 aliphatic heterocycles. The van der Waals surface area contributed by atoms with Crippen LogP contribution in [0.4, 0.5) is 13.2 Å². The Labute approximate surface area is 174 Å². The van der Waals surface area contributed by atoms with E-state index in [-0.39, 0.29) is 5.56 Å². The van der Waals surface area contributed by atoms with Crippen LogP contribution in [0.2, 0.25) is 0 Å². The maximum absolute atomic E-state index is 13.4. The molecule has 0 bridgehead atoms. The van der Waals surface area contributed by atoms with Crippen molar-refractivity contribution in [1.29, 1.82) is 0 Å². The van der Waals surface area contributed by atoms with Gasteiger partial charge < -0.3 is 9.47 Å². The Kier molecular flexibility index (Phi) is 14.4. The number of hydrogen-bond acceptors (Lipinski definition) is 2. The molecule has 0 aromatic heterocycles. The van der Waals surface area contributed by atoms with E-state index in [1.807, 2.05) is 13.8 Å². The third-order valence-electron chi connectivity index (χ3n) is 4.44. The molecule has 0 saturated carbocycles. The molecular weight excluding hydrogens is 377 g/mol. The summed E-state index contributed by atoms with van der Waals surface area (Å²) in [4.78, 5) is 0. The van der Waals surface area contributed by atoms with Crippen molar-refractivity contribution < 1.29 is 22.6 Å². The predicted octanol–water partition coefficient (Wildman–Crippen LogP) is 6.80. The topological polar surface area (TPSA) is 18.5 Å². The molecular formula is C24H35F3O2. The Morgan fingerprint density at radius 3 is 1.93 bits per heavy atom. The van der Waals surface area contributed by atoms with Crippen LogP contribution in [0.1, 0.15) is 83.6 Å². The Morgan fingerprint density at radius 2 is 1.31 bits per heavy atom. The fourth-order valence-electron chi connectivity index (χ4n) is 2.87. The molecule has 1 aromatic rings. The Hall–Kier alpha value is -1.51. The van der Waals surface area contributed by atoms with Crippen LogP contribution >= 0.6 is 0 Å². The normalized spacial score (nSPS) is 11.0. The maximum atomic E-state index is 13.4. The average molecular weight is 413 g/mol. The zero-order valence-corrected chi connectivity index (χ0v) is 17.9. The highest BCUT2D eigenvalue weighted by molar-refractivity contribution is 5.37. The van der Waals surface area contributed by atoms with Gasteiger partial charge in [0.2, 0.25) is 0 Å². The molecule has 0 radical (unpaired) electrons. The summed E-state index contributed by atoms with van der Waals surface area (Å²) in [6.07, 6.45) is 10.9. The van der Waals surface area contributed by atoms with Crippen LogP contribution in [0, 0.1) is 29.3 Å². The first-order chi connectivity index (χ1) is 14.0. The van der Waals surface area contributed by atoms with Crippen molar-refractivity contribution in [1.82, 2.24) is 0 Å². The summed E-state index contributed by atoms with van der Waals surface area (Å²) in [6.45, 7) is 6.44. The lowest BCUT2D eigenvalue weighted by atomic mass is 10.1. The molecule has 0 unspecified atom stereocenters. The van der Waals surface area contributed by atoms with Crippen molar-refractivity contribution in [3.05, 3.63) is 35.1 Å².